The summed E-state index contributed by atoms with van der Waals surface area (Å²) >= 11 is 5.70. The first-order valence-electron chi connectivity index (χ1n) is 4.71. The Balaban J connectivity index is 2.24. The van der Waals surface area contributed by atoms with E-state index in [9.17, 15) is 4.39 Å². The minimum absolute atomic E-state index is 0.294. The molecular formula is C12H9ClFNO. The van der Waals surface area contributed by atoms with Crippen LogP contribution in [0.25, 0.3) is 0 Å². The molecule has 0 saturated carbocycles. The predicted molar refractivity (Wildman–Crippen MR) is 60.5 cm³/mol. The van der Waals surface area contributed by atoms with Crippen LogP contribution in [0.15, 0.2) is 36.5 Å². The molecule has 2 aromatic rings. The van der Waals surface area contributed by atoms with E-state index >= 15 is 0 Å². The van der Waals surface area contributed by atoms with E-state index in [1.807, 2.05) is 0 Å². The zero-order valence-electron chi connectivity index (χ0n) is 8.58. The molecule has 0 spiro atoms. The van der Waals surface area contributed by atoms with Crippen molar-refractivity contribution in [3.05, 3.63) is 53.1 Å². The molecule has 0 aliphatic rings. The van der Waals surface area contributed by atoms with Gasteiger partial charge in [-0.1, -0.05) is 17.7 Å². The van der Waals surface area contributed by atoms with Crippen LogP contribution in [-0.2, 0) is 0 Å². The number of ether oxygens (including phenoxy) is 1. The van der Waals surface area contributed by atoms with Crippen LogP contribution in [0, 0.1) is 12.7 Å². The third-order valence-corrected chi connectivity index (χ3v) is 2.28. The lowest BCUT2D eigenvalue weighted by atomic mass is 10.2. The fourth-order valence-corrected chi connectivity index (χ4v) is 1.39. The average molecular weight is 238 g/mol. The average Bonchev–Trinajstić information content (AvgIpc) is 2.24. The molecule has 1 aromatic heterocycles. The first-order valence-corrected chi connectivity index (χ1v) is 5.08. The van der Waals surface area contributed by atoms with Crippen molar-refractivity contribution < 1.29 is 9.13 Å². The van der Waals surface area contributed by atoms with Crippen LogP contribution in [0.5, 0.6) is 11.5 Å². The SMILES string of the molecule is Cc1ccc(Oc2ccnc(Cl)c2)cc1F. The monoisotopic (exact) mass is 237 g/mol. The molecule has 0 unspecified atom stereocenters. The third kappa shape index (κ3) is 2.49. The molecular weight excluding hydrogens is 229 g/mol. The van der Waals surface area contributed by atoms with Crippen molar-refractivity contribution in [2.24, 2.45) is 0 Å². The summed E-state index contributed by atoms with van der Waals surface area (Å²) in [7, 11) is 0. The van der Waals surface area contributed by atoms with E-state index in [1.54, 1.807) is 31.2 Å². The van der Waals surface area contributed by atoms with Gasteiger partial charge in [0.05, 0.1) is 0 Å². The summed E-state index contributed by atoms with van der Waals surface area (Å²) in [6.07, 6.45) is 1.53. The number of benzene rings is 1. The number of pyridine rings is 1. The molecule has 0 saturated heterocycles. The number of halogens is 2. The van der Waals surface area contributed by atoms with E-state index in [0.717, 1.165) is 0 Å². The fraction of sp³-hybridized carbons (Fsp3) is 0.0833. The Labute approximate surface area is 97.7 Å². The Morgan fingerprint density at radius 2 is 1.94 bits per heavy atom. The van der Waals surface area contributed by atoms with Gasteiger partial charge in [-0.15, -0.1) is 0 Å². The van der Waals surface area contributed by atoms with Crippen LogP contribution in [0.1, 0.15) is 5.56 Å². The second kappa shape index (κ2) is 4.49. The number of rotatable bonds is 2. The molecule has 4 heteroatoms. The summed E-state index contributed by atoms with van der Waals surface area (Å²) in [5.74, 6) is 0.672. The van der Waals surface area contributed by atoms with Crippen molar-refractivity contribution in [1.29, 1.82) is 0 Å². The Morgan fingerprint density at radius 1 is 1.19 bits per heavy atom. The second-order valence-corrected chi connectivity index (χ2v) is 3.71. The molecule has 0 bridgehead atoms. The molecule has 0 N–H and O–H groups in total. The Kier molecular flexibility index (Phi) is 3.06. The number of hydrogen-bond acceptors (Lipinski definition) is 2. The van der Waals surface area contributed by atoms with Gasteiger partial charge in [-0.05, 0) is 24.6 Å². The van der Waals surface area contributed by atoms with Crippen molar-refractivity contribution >= 4 is 11.6 Å². The first-order chi connectivity index (χ1) is 7.65. The van der Waals surface area contributed by atoms with E-state index in [1.165, 1.54) is 12.3 Å². The predicted octanol–water partition coefficient (Wildman–Crippen LogP) is 3.97. The van der Waals surface area contributed by atoms with E-state index < -0.39 is 0 Å². The minimum Gasteiger partial charge on any atom is -0.457 e. The van der Waals surface area contributed by atoms with E-state index in [0.29, 0.717) is 22.2 Å². The van der Waals surface area contributed by atoms with E-state index in [-0.39, 0.29) is 5.82 Å². The summed E-state index contributed by atoms with van der Waals surface area (Å²) in [6.45, 7) is 1.70. The van der Waals surface area contributed by atoms with Crippen LogP contribution in [0.3, 0.4) is 0 Å². The van der Waals surface area contributed by atoms with Gasteiger partial charge in [0.15, 0.2) is 0 Å². The lowest BCUT2D eigenvalue weighted by Gasteiger charge is -2.06. The topological polar surface area (TPSA) is 22.1 Å². The maximum atomic E-state index is 13.2. The Hall–Kier alpha value is -1.61. The number of nitrogens with zero attached hydrogens (tertiary/aromatic N) is 1. The van der Waals surface area contributed by atoms with Gasteiger partial charge in [-0.25, -0.2) is 9.37 Å². The second-order valence-electron chi connectivity index (χ2n) is 3.33. The maximum Gasteiger partial charge on any atom is 0.132 e. The van der Waals surface area contributed by atoms with Crippen LogP contribution in [0.2, 0.25) is 5.15 Å². The van der Waals surface area contributed by atoms with Crippen molar-refractivity contribution in [3.63, 3.8) is 0 Å². The molecule has 0 fully saturated rings. The van der Waals surface area contributed by atoms with Gasteiger partial charge in [0.2, 0.25) is 0 Å². The highest BCUT2D eigenvalue weighted by Gasteiger charge is 2.02. The van der Waals surface area contributed by atoms with Gasteiger partial charge in [0, 0.05) is 18.3 Å². The lowest BCUT2D eigenvalue weighted by molar-refractivity contribution is 0.475. The number of aromatic nitrogens is 1. The molecule has 2 rings (SSSR count). The highest BCUT2D eigenvalue weighted by atomic mass is 35.5. The summed E-state index contributed by atoms with van der Waals surface area (Å²) in [6, 6.07) is 7.92. The quantitative estimate of drug-likeness (QED) is 0.738. The van der Waals surface area contributed by atoms with Gasteiger partial charge in [-0.3, -0.25) is 0 Å². The lowest BCUT2D eigenvalue weighted by Crippen LogP contribution is -1.88. The highest BCUT2D eigenvalue weighted by Crippen LogP contribution is 2.24. The zero-order chi connectivity index (χ0) is 11.5. The van der Waals surface area contributed by atoms with Crippen molar-refractivity contribution in [2.45, 2.75) is 6.92 Å². The first kappa shape index (κ1) is 10.9. The molecule has 16 heavy (non-hydrogen) atoms. The number of hydrogen-bond donors (Lipinski definition) is 0. The van der Waals surface area contributed by atoms with Crippen molar-refractivity contribution in [3.8, 4) is 11.5 Å². The molecule has 1 aromatic carbocycles. The van der Waals surface area contributed by atoms with Crippen LogP contribution < -0.4 is 4.74 Å². The Morgan fingerprint density at radius 3 is 2.62 bits per heavy atom. The van der Waals surface area contributed by atoms with E-state index in [4.69, 9.17) is 16.3 Å². The molecule has 82 valence electrons. The largest absolute Gasteiger partial charge is 0.457 e. The van der Waals surface area contributed by atoms with Gasteiger partial charge >= 0.3 is 0 Å². The molecule has 0 aliphatic heterocycles. The van der Waals surface area contributed by atoms with Crippen LogP contribution >= 0.6 is 11.6 Å². The minimum atomic E-state index is -0.294. The smallest absolute Gasteiger partial charge is 0.132 e. The molecule has 2 nitrogen and oxygen atoms in total. The number of aryl methyl sites for hydroxylation is 1. The normalized spacial score (nSPS) is 10.2. The Bertz CT molecular complexity index is 516. The van der Waals surface area contributed by atoms with Gasteiger partial charge in [0.1, 0.15) is 22.5 Å². The van der Waals surface area contributed by atoms with Gasteiger partial charge in [0.25, 0.3) is 0 Å². The molecule has 0 aliphatic carbocycles. The molecule has 0 amide bonds. The standard InChI is InChI=1S/C12H9ClFNO/c1-8-2-3-9(6-11(8)14)16-10-4-5-15-12(13)7-10/h2-7H,1H3. The molecule has 0 radical (unpaired) electrons. The summed E-state index contributed by atoms with van der Waals surface area (Å²) in [4.78, 5) is 3.82. The van der Waals surface area contributed by atoms with Crippen LogP contribution in [0.4, 0.5) is 4.39 Å². The summed E-state index contributed by atoms with van der Waals surface area (Å²) < 4.78 is 18.7. The van der Waals surface area contributed by atoms with Gasteiger partial charge < -0.3 is 4.74 Å². The molecule has 0 atom stereocenters. The third-order valence-electron chi connectivity index (χ3n) is 2.08. The highest BCUT2D eigenvalue weighted by molar-refractivity contribution is 6.29. The zero-order valence-corrected chi connectivity index (χ0v) is 9.33. The summed E-state index contributed by atoms with van der Waals surface area (Å²) in [5.41, 5.74) is 0.583. The van der Waals surface area contributed by atoms with Gasteiger partial charge in [-0.2, -0.15) is 0 Å². The van der Waals surface area contributed by atoms with Crippen molar-refractivity contribution in [1.82, 2.24) is 4.98 Å². The molecule has 1 heterocycles. The maximum absolute atomic E-state index is 13.2. The fourth-order valence-electron chi connectivity index (χ4n) is 1.22. The van der Waals surface area contributed by atoms with E-state index in [2.05, 4.69) is 4.98 Å². The van der Waals surface area contributed by atoms with Crippen molar-refractivity contribution in [2.75, 3.05) is 0 Å². The van der Waals surface area contributed by atoms with Crippen LogP contribution in [-0.4, -0.2) is 4.98 Å². The summed E-state index contributed by atoms with van der Waals surface area (Å²) in [5, 5.41) is 0.338.